The van der Waals surface area contributed by atoms with Gasteiger partial charge in [-0.1, -0.05) is 23.9 Å². The fourth-order valence-electron chi connectivity index (χ4n) is 3.45. The number of hydrogen-bond acceptors (Lipinski definition) is 5. The van der Waals surface area contributed by atoms with E-state index in [1.165, 1.54) is 6.07 Å². The van der Waals surface area contributed by atoms with Gasteiger partial charge < -0.3 is 14.6 Å². The molecule has 0 unspecified atom stereocenters. The SMILES string of the molecule is O=C(CSc1nc2ccccc2o1)Nc1cc(C(F)(F)F)ccc1N1CCCCC1. The Morgan fingerprint density at radius 1 is 1.13 bits per heavy atom. The first kappa shape index (κ1) is 20.6. The van der Waals surface area contributed by atoms with Gasteiger partial charge in [0.15, 0.2) is 5.58 Å². The minimum atomic E-state index is -4.48. The first-order chi connectivity index (χ1) is 14.4. The molecule has 5 nitrogen and oxygen atoms in total. The molecule has 158 valence electrons. The van der Waals surface area contributed by atoms with E-state index in [1.54, 1.807) is 12.1 Å². The van der Waals surface area contributed by atoms with E-state index in [9.17, 15) is 18.0 Å². The van der Waals surface area contributed by atoms with Gasteiger partial charge in [0.2, 0.25) is 5.91 Å². The van der Waals surface area contributed by atoms with Crippen molar-refractivity contribution in [3.8, 4) is 0 Å². The van der Waals surface area contributed by atoms with Gasteiger partial charge in [-0.3, -0.25) is 4.79 Å². The van der Waals surface area contributed by atoms with Crippen LogP contribution >= 0.6 is 11.8 Å². The number of para-hydroxylation sites is 2. The average Bonchev–Trinajstić information content (AvgIpc) is 3.15. The van der Waals surface area contributed by atoms with Crippen molar-refractivity contribution in [2.75, 3.05) is 29.1 Å². The van der Waals surface area contributed by atoms with Crippen LogP contribution in [0, 0.1) is 0 Å². The number of aromatic nitrogens is 1. The second kappa shape index (κ2) is 8.59. The Bertz CT molecular complexity index is 1010. The molecular formula is C21H20F3N3O2S. The summed E-state index contributed by atoms with van der Waals surface area (Å²) in [6.45, 7) is 1.51. The number of nitrogens with one attached hydrogen (secondary N) is 1. The first-order valence-electron chi connectivity index (χ1n) is 9.64. The zero-order chi connectivity index (χ0) is 21.1. The lowest BCUT2D eigenvalue weighted by atomic mass is 10.1. The van der Waals surface area contributed by atoms with E-state index in [2.05, 4.69) is 10.3 Å². The van der Waals surface area contributed by atoms with Gasteiger partial charge in [-0.05, 0) is 49.6 Å². The second-order valence-electron chi connectivity index (χ2n) is 7.06. The van der Waals surface area contributed by atoms with Crippen molar-refractivity contribution in [2.24, 2.45) is 0 Å². The number of thioether (sulfide) groups is 1. The normalized spacial score (nSPS) is 14.8. The molecule has 9 heteroatoms. The fraction of sp³-hybridized carbons (Fsp3) is 0.333. The summed E-state index contributed by atoms with van der Waals surface area (Å²) in [5, 5.41) is 2.99. The molecule has 0 spiro atoms. The maximum absolute atomic E-state index is 13.2. The smallest absolute Gasteiger partial charge is 0.416 e. The molecule has 1 amide bonds. The van der Waals surface area contributed by atoms with Crippen LogP contribution in [0.2, 0.25) is 0 Å². The molecule has 0 radical (unpaired) electrons. The van der Waals surface area contributed by atoms with Gasteiger partial charge in [-0.25, -0.2) is 4.98 Å². The van der Waals surface area contributed by atoms with E-state index < -0.39 is 17.6 Å². The Morgan fingerprint density at radius 2 is 1.90 bits per heavy atom. The number of piperidine rings is 1. The van der Waals surface area contributed by atoms with Crippen molar-refractivity contribution >= 4 is 40.1 Å². The summed E-state index contributed by atoms with van der Waals surface area (Å²) in [6, 6.07) is 10.7. The maximum atomic E-state index is 13.2. The van der Waals surface area contributed by atoms with Crippen LogP contribution in [0.5, 0.6) is 0 Å². The Labute approximate surface area is 175 Å². The van der Waals surface area contributed by atoms with Crippen LogP contribution in [0.3, 0.4) is 0 Å². The van der Waals surface area contributed by atoms with E-state index in [0.717, 1.165) is 56.2 Å². The van der Waals surface area contributed by atoms with E-state index >= 15 is 0 Å². The largest absolute Gasteiger partial charge is 0.431 e. The molecule has 2 heterocycles. The molecule has 1 aliphatic heterocycles. The molecule has 2 aromatic carbocycles. The highest BCUT2D eigenvalue weighted by Gasteiger charge is 2.32. The molecule has 0 atom stereocenters. The molecule has 30 heavy (non-hydrogen) atoms. The number of amides is 1. The van der Waals surface area contributed by atoms with Gasteiger partial charge in [0.25, 0.3) is 5.22 Å². The lowest BCUT2D eigenvalue weighted by molar-refractivity contribution is -0.137. The van der Waals surface area contributed by atoms with Gasteiger partial charge in [-0.15, -0.1) is 0 Å². The third-order valence-corrected chi connectivity index (χ3v) is 5.72. The quantitative estimate of drug-likeness (QED) is 0.531. The molecule has 1 fully saturated rings. The van der Waals surface area contributed by atoms with Crippen LogP contribution in [-0.2, 0) is 11.0 Å². The van der Waals surface area contributed by atoms with Gasteiger partial charge in [0, 0.05) is 13.1 Å². The van der Waals surface area contributed by atoms with Crippen LogP contribution in [0.4, 0.5) is 24.5 Å². The minimum Gasteiger partial charge on any atom is -0.431 e. The molecule has 1 N–H and O–H groups in total. The molecule has 1 aliphatic rings. The average molecular weight is 435 g/mol. The summed E-state index contributed by atoms with van der Waals surface area (Å²) in [7, 11) is 0. The third kappa shape index (κ3) is 4.72. The molecule has 1 aromatic heterocycles. The van der Waals surface area contributed by atoms with Gasteiger partial charge in [0.1, 0.15) is 5.52 Å². The summed E-state index contributed by atoms with van der Waals surface area (Å²) in [5.41, 5.74) is 1.30. The van der Waals surface area contributed by atoms with Gasteiger partial charge in [0.05, 0.1) is 22.7 Å². The Hall–Kier alpha value is -2.68. The lowest BCUT2D eigenvalue weighted by Gasteiger charge is -2.31. The third-order valence-electron chi connectivity index (χ3n) is 4.90. The number of halogens is 3. The lowest BCUT2D eigenvalue weighted by Crippen LogP contribution is -2.30. The highest BCUT2D eigenvalue weighted by Crippen LogP contribution is 2.36. The number of rotatable bonds is 5. The monoisotopic (exact) mass is 435 g/mol. The number of oxazole rings is 1. The Balaban J connectivity index is 1.50. The topological polar surface area (TPSA) is 58.4 Å². The highest BCUT2D eigenvalue weighted by atomic mass is 32.2. The van der Waals surface area contributed by atoms with Crippen molar-refractivity contribution in [3.05, 3.63) is 48.0 Å². The van der Waals surface area contributed by atoms with E-state index in [4.69, 9.17) is 4.42 Å². The summed E-state index contributed by atoms with van der Waals surface area (Å²) >= 11 is 1.10. The van der Waals surface area contributed by atoms with Gasteiger partial charge in [-0.2, -0.15) is 13.2 Å². The Morgan fingerprint density at radius 3 is 2.63 bits per heavy atom. The van der Waals surface area contributed by atoms with Crippen molar-refractivity contribution in [1.29, 1.82) is 0 Å². The molecular weight excluding hydrogens is 415 g/mol. The van der Waals surface area contributed by atoms with Crippen molar-refractivity contribution in [3.63, 3.8) is 0 Å². The second-order valence-corrected chi connectivity index (χ2v) is 7.99. The van der Waals surface area contributed by atoms with Crippen molar-refractivity contribution in [2.45, 2.75) is 30.7 Å². The Kier molecular flexibility index (Phi) is 5.90. The molecule has 0 saturated carbocycles. The maximum Gasteiger partial charge on any atom is 0.416 e. The number of fused-ring (bicyclic) bond motifs is 1. The van der Waals surface area contributed by atoms with E-state index in [-0.39, 0.29) is 11.4 Å². The summed E-state index contributed by atoms with van der Waals surface area (Å²) in [4.78, 5) is 18.8. The molecule has 4 rings (SSSR count). The summed E-state index contributed by atoms with van der Waals surface area (Å²) in [5.74, 6) is -0.442. The van der Waals surface area contributed by atoms with Crippen LogP contribution in [0.1, 0.15) is 24.8 Å². The van der Waals surface area contributed by atoms with Crippen molar-refractivity contribution in [1.82, 2.24) is 4.98 Å². The zero-order valence-electron chi connectivity index (χ0n) is 16.0. The van der Waals surface area contributed by atoms with Crippen molar-refractivity contribution < 1.29 is 22.4 Å². The van der Waals surface area contributed by atoms with E-state index in [0.29, 0.717) is 22.0 Å². The predicted molar refractivity (Wildman–Crippen MR) is 111 cm³/mol. The minimum absolute atomic E-state index is 0.0253. The zero-order valence-corrected chi connectivity index (χ0v) is 16.9. The number of nitrogens with zero attached hydrogens (tertiary/aromatic N) is 2. The fourth-order valence-corrected chi connectivity index (χ4v) is 4.09. The molecule has 3 aromatic rings. The van der Waals surface area contributed by atoms with Gasteiger partial charge >= 0.3 is 6.18 Å². The standard InChI is InChI=1S/C21H20F3N3O2S/c22-21(23,24)14-8-9-17(27-10-4-1-5-11-27)16(12-14)25-19(28)13-30-20-26-15-6-2-3-7-18(15)29-20/h2-3,6-9,12H,1,4-5,10-11,13H2,(H,25,28). The highest BCUT2D eigenvalue weighted by molar-refractivity contribution is 7.99. The van der Waals surface area contributed by atoms with Crippen LogP contribution in [-0.4, -0.2) is 29.7 Å². The van der Waals surface area contributed by atoms with Crippen LogP contribution in [0.25, 0.3) is 11.1 Å². The molecule has 0 aliphatic carbocycles. The first-order valence-corrected chi connectivity index (χ1v) is 10.6. The predicted octanol–water partition coefficient (Wildman–Crippen LogP) is 5.57. The molecule has 1 saturated heterocycles. The summed E-state index contributed by atoms with van der Waals surface area (Å²) < 4.78 is 45.2. The molecule has 0 bridgehead atoms. The number of hydrogen-bond donors (Lipinski definition) is 1. The number of anilines is 2. The number of carbonyl (C=O) groups is 1. The number of alkyl halides is 3. The van der Waals surface area contributed by atoms with E-state index in [1.807, 2.05) is 17.0 Å². The summed E-state index contributed by atoms with van der Waals surface area (Å²) in [6.07, 6.45) is -1.43. The van der Waals surface area contributed by atoms with Crippen LogP contribution in [0.15, 0.2) is 52.1 Å². The number of carbonyl (C=O) groups excluding carboxylic acids is 1. The number of benzene rings is 2. The van der Waals surface area contributed by atoms with Crippen LogP contribution < -0.4 is 10.2 Å².